The average molecular weight is 393 g/mol. The Morgan fingerprint density at radius 1 is 1.08 bits per heavy atom. The van der Waals surface area contributed by atoms with Crippen molar-refractivity contribution >= 4 is 34.2 Å². The second-order valence-corrected chi connectivity index (χ2v) is 8.11. The fourth-order valence-electron chi connectivity index (χ4n) is 2.97. The van der Waals surface area contributed by atoms with Gasteiger partial charge in [0.25, 0.3) is 0 Å². The van der Waals surface area contributed by atoms with Gasteiger partial charge < -0.3 is 10.0 Å². The summed E-state index contributed by atoms with van der Waals surface area (Å²) in [6.07, 6.45) is 0.528. The molecule has 3 rings (SSSR count). The van der Waals surface area contributed by atoms with E-state index in [4.69, 9.17) is 16.7 Å². The zero-order valence-corrected chi connectivity index (χ0v) is 15.9. The predicted molar refractivity (Wildman–Crippen MR) is 104 cm³/mol. The Hall–Kier alpha value is -1.89. The van der Waals surface area contributed by atoms with Crippen molar-refractivity contribution in [2.45, 2.75) is 17.7 Å². The lowest BCUT2D eigenvalue weighted by atomic mass is 10.1. The Kier molecular flexibility index (Phi) is 6.29. The molecule has 7 heteroatoms. The van der Waals surface area contributed by atoms with Crippen LogP contribution in [0, 0.1) is 0 Å². The van der Waals surface area contributed by atoms with Crippen LogP contribution in [0.5, 0.6) is 0 Å². The van der Waals surface area contributed by atoms with Gasteiger partial charge in [0.1, 0.15) is 11.0 Å². The molecule has 1 fully saturated rings. The van der Waals surface area contributed by atoms with Crippen LogP contribution in [0.1, 0.15) is 12.0 Å². The third kappa shape index (κ3) is 4.84. The monoisotopic (exact) mass is 392 g/mol. The van der Waals surface area contributed by atoms with Crippen LogP contribution >= 0.6 is 11.6 Å². The van der Waals surface area contributed by atoms with Crippen molar-refractivity contribution in [1.82, 2.24) is 4.31 Å². The molecular weight excluding hydrogens is 372 g/mol. The van der Waals surface area contributed by atoms with Gasteiger partial charge in [-0.05, 0) is 48.4 Å². The van der Waals surface area contributed by atoms with E-state index in [0.717, 1.165) is 34.3 Å². The minimum absolute atomic E-state index is 0.0792. The largest absolute Gasteiger partial charge is 0.481 e. The lowest BCUT2D eigenvalue weighted by Crippen LogP contribution is -2.46. The van der Waals surface area contributed by atoms with Gasteiger partial charge in [-0.3, -0.25) is 4.79 Å². The van der Waals surface area contributed by atoms with Gasteiger partial charge in [0.15, 0.2) is 0 Å². The number of carbonyl (C=O) groups is 1. The van der Waals surface area contributed by atoms with Crippen molar-refractivity contribution in [3.63, 3.8) is 0 Å². The molecule has 1 unspecified atom stereocenters. The number of anilines is 1. The molecule has 0 bridgehead atoms. The number of piperazine rings is 1. The second kappa shape index (κ2) is 8.66. The van der Waals surface area contributed by atoms with Crippen molar-refractivity contribution in [1.29, 1.82) is 0 Å². The van der Waals surface area contributed by atoms with Crippen LogP contribution in [-0.4, -0.2) is 45.8 Å². The second-order valence-electron chi connectivity index (χ2n) is 6.18. The van der Waals surface area contributed by atoms with Gasteiger partial charge in [0, 0.05) is 43.3 Å². The standard InChI is InChI=1S/C19H21ClN2O3S/c20-16-5-7-17(8-6-16)21-10-12-22(13-11-21)26(25)18-3-1-2-15(14-18)4-9-19(23)24/h1-3,5-8,14H,4,9-13H2,(H,23,24). The number of halogens is 1. The van der Waals surface area contributed by atoms with Crippen molar-refractivity contribution < 1.29 is 14.1 Å². The number of benzene rings is 2. The summed E-state index contributed by atoms with van der Waals surface area (Å²) in [7, 11) is -1.23. The van der Waals surface area contributed by atoms with Gasteiger partial charge in [-0.25, -0.2) is 8.51 Å². The third-order valence-corrected chi connectivity index (χ3v) is 6.14. The summed E-state index contributed by atoms with van der Waals surface area (Å²) in [5.74, 6) is -0.824. The van der Waals surface area contributed by atoms with Crippen LogP contribution in [0.2, 0.25) is 5.02 Å². The number of aryl methyl sites for hydroxylation is 1. The summed E-state index contributed by atoms with van der Waals surface area (Å²) < 4.78 is 14.8. The Balaban J connectivity index is 1.60. The predicted octanol–water partition coefficient (Wildman–Crippen LogP) is 3.20. The topological polar surface area (TPSA) is 60.9 Å². The lowest BCUT2D eigenvalue weighted by molar-refractivity contribution is -0.136. The molecule has 2 aromatic rings. The van der Waals surface area contributed by atoms with Crippen molar-refractivity contribution in [2.24, 2.45) is 0 Å². The van der Waals surface area contributed by atoms with E-state index in [0.29, 0.717) is 19.5 Å². The number of nitrogens with zero attached hydrogens (tertiary/aromatic N) is 2. The van der Waals surface area contributed by atoms with E-state index in [9.17, 15) is 9.00 Å². The highest BCUT2D eigenvalue weighted by molar-refractivity contribution is 7.82. The highest BCUT2D eigenvalue weighted by Gasteiger charge is 2.22. The van der Waals surface area contributed by atoms with Gasteiger partial charge in [-0.2, -0.15) is 0 Å². The molecule has 1 aliphatic heterocycles. The van der Waals surface area contributed by atoms with Crippen molar-refractivity contribution in [3.8, 4) is 0 Å². The zero-order valence-electron chi connectivity index (χ0n) is 14.3. The molecule has 0 saturated carbocycles. The number of aliphatic carboxylic acids is 1. The Morgan fingerprint density at radius 2 is 1.77 bits per heavy atom. The number of rotatable bonds is 6. The van der Waals surface area contributed by atoms with E-state index >= 15 is 0 Å². The third-order valence-electron chi connectivity index (χ3n) is 4.39. The van der Waals surface area contributed by atoms with Crippen LogP contribution in [0.3, 0.4) is 0 Å². The molecule has 138 valence electrons. The molecule has 0 spiro atoms. The smallest absolute Gasteiger partial charge is 0.303 e. The van der Waals surface area contributed by atoms with E-state index < -0.39 is 17.0 Å². The van der Waals surface area contributed by atoms with Crippen molar-refractivity contribution in [2.75, 3.05) is 31.1 Å². The molecule has 1 atom stereocenters. The molecular formula is C19H21ClN2O3S. The first-order valence-electron chi connectivity index (χ1n) is 8.51. The number of carboxylic acid groups (broad SMARTS) is 1. The summed E-state index contributed by atoms with van der Waals surface area (Å²) in [6, 6.07) is 15.2. The lowest BCUT2D eigenvalue weighted by Gasteiger charge is -2.35. The highest BCUT2D eigenvalue weighted by atomic mass is 35.5. The highest BCUT2D eigenvalue weighted by Crippen LogP contribution is 2.21. The van der Waals surface area contributed by atoms with Crippen LogP contribution in [0.15, 0.2) is 53.4 Å². The van der Waals surface area contributed by atoms with E-state index in [1.54, 1.807) is 0 Å². The molecule has 0 amide bonds. The summed E-state index contributed by atoms with van der Waals surface area (Å²) in [5.41, 5.74) is 2.02. The molecule has 1 heterocycles. The molecule has 1 saturated heterocycles. The Labute approximate surface area is 160 Å². The maximum Gasteiger partial charge on any atom is 0.303 e. The summed E-state index contributed by atoms with van der Waals surface area (Å²) in [4.78, 5) is 13.7. The van der Waals surface area contributed by atoms with Crippen molar-refractivity contribution in [3.05, 3.63) is 59.1 Å². The van der Waals surface area contributed by atoms with Gasteiger partial charge in [-0.15, -0.1) is 0 Å². The van der Waals surface area contributed by atoms with E-state index in [2.05, 4.69) is 4.90 Å². The van der Waals surface area contributed by atoms with Gasteiger partial charge in [0.05, 0.1) is 4.90 Å². The summed E-state index contributed by atoms with van der Waals surface area (Å²) in [5, 5.41) is 9.53. The minimum Gasteiger partial charge on any atom is -0.481 e. The summed E-state index contributed by atoms with van der Waals surface area (Å²) in [6.45, 7) is 3.00. The number of carboxylic acids is 1. The molecule has 26 heavy (non-hydrogen) atoms. The molecule has 1 N–H and O–H groups in total. The first-order valence-corrected chi connectivity index (χ1v) is 9.99. The van der Waals surface area contributed by atoms with Gasteiger partial charge >= 0.3 is 5.97 Å². The van der Waals surface area contributed by atoms with E-state index in [-0.39, 0.29) is 6.42 Å². The van der Waals surface area contributed by atoms with Crippen LogP contribution < -0.4 is 4.90 Å². The van der Waals surface area contributed by atoms with Crippen LogP contribution in [0.4, 0.5) is 5.69 Å². The molecule has 5 nitrogen and oxygen atoms in total. The Morgan fingerprint density at radius 3 is 2.42 bits per heavy atom. The molecule has 0 aromatic heterocycles. The Bertz CT molecular complexity index is 790. The maximum atomic E-state index is 12.9. The maximum absolute atomic E-state index is 12.9. The first kappa shape index (κ1) is 18.9. The molecule has 1 aliphatic rings. The minimum atomic E-state index is -1.23. The molecule has 2 aromatic carbocycles. The fourth-order valence-corrected chi connectivity index (χ4v) is 4.34. The first-order chi connectivity index (χ1) is 12.5. The van der Waals surface area contributed by atoms with Gasteiger partial charge in [0.2, 0.25) is 0 Å². The van der Waals surface area contributed by atoms with E-state index in [1.807, 2.05) is 52.8 Å². The molecule has 0 aliphatic carbocycles. The van der Waals surface area contributed by atoms with Gasteiger partial charge in [-0.1, -0.05) is 23.7 Å². The van der Waals surface area contributed by atoms with Crippen LogP contribution in [0.25, 0.3) is 0 Å². The van der Waals surface area contributed by atoms with E-state index in [1.165, 1.54) is 0 Å². The SMILES string of the molecule is O=C(O)CCc1cccc(S(=O)N2CCN(c3ccc(Cl)cc3)CC2)c1. The number of hydrogen-bond acceptors (Lipinski definition) is 3. The normalized spacial score (nSPS) is 16.4. The average Bonchev–Trinajstić information content (AvgIpc) is 2.67. The zero-order chi connectivity index (χ0) is 18.5. The molecule has 0 radical (unpaired) electrons. The fraction of sp³-hybridized carbons (Fsp3) is 0.316. The number of hydrogen-bond donors (Lipinski definition) is 1. The van der Waals surface area contributed by atoms with Crippen LogP contribution in [-0.2, 0) is 22.2 Å². The quantitative estimate of drug-likeness (QED) is 0.820. The summed E-state index contributed by atoms with van der Waals surface area (Å²) >= 11 is 5.94.